The number of methoxy groups -OCH3 is 3. The number of hydrogen-bond acceptors (Lipinski definition) is 5. The van der Waals surface area contributed by atoms with Gasteiger partial charge in [0.2, 0.25) is 0 Å². The van der Waals surface area contributed by atoms with Gasteiger partial charge in [0.1, 0.15) is 11.5 Å². The number of nitrogens with one attached hydrogen (secondary N) is 1. The van der Waals surface area contributed by atoms with E-state index in [0.29, 0.717) is 17.1 Å². The molecule has 0 spiro atoms. The van der Waals surface area contributed by atoms with Gasteiger partial charge in [-0.1, -0.05) is 6.07 Å². The van der Waals surface area contributed by atoms with Gasteiger partial charge in [0, 0.05) is 12.1 Å². The predicted molar refractivity (Wildman–Crippen MR) is 106 cm³/mol. The second-order valence-corrected chi connectivity index (χ2v) is 6.40. The summed E-state index contributed by atoms with van der Waals surface area (Å²) in [5.74, 6) is 0.707. The van der Waals surface area contributed by atoms with Crippen molar-refractivity contribution in [2.24, 2.45) is 0 Å². The van der Waals surface area contributed by atoms with Crippen LogP contribution in [0.3, 0.4) is 0 Å². The van der Waals surface area contributed by atoms with Gasteiger partial charge in [0.15, 0.2) is 11.4 Å². The molecule has 7 nitrogen and oxygen atoms in total. The number of ether oxygens (including phenoxy) is 3. The lowest BCUT2D eigenvalue weighted by Gasteiger charge is -2.11. The SMILES string of the molecule is COc1ccc(OC)c(CNC(=O)c2nn(-c3cccc(C(F)(F)F)c3)cc2OC)c1. The molecular formula is C21H20F3N3O4. The lowest BCUT2D eigenvalue weighted by Crippen LogP contribution is -2.24. The Hall–Kier alpha value is -3.69. The van der Waals surface area contributed by atoms with E-state index in [1.54, 1.807) is 18.2 Å². The third-order valence-electron chi connectivity index (χ3n) is 4.48. The summed E-state index contributed by atoms with van der Waals surface area (Å²) in [5, 5.41) is 6.83. The highest BCUT2D eigenvalue weighted by atomic mass is 19.4. The summed E-state index contributed by atoms with van der Waals surface area (Å²) in [6.45, 7) is 0.110. The second kappa shape index (κ2) is 8.99. The van der Waals surface area contributed by atoms with E-state index in [2.05, 4.69) is 10.4 Å². The van der Waals surface area contributed by atoms with E-state index in [1.807, 2.05) is 0 Å². The molecule has 3 aromatic rings. The molecule has 10 heteroatoms. The van der Waals surface area contributed by atoms with Gasteiger partial charge >= 0.3 is 6.18 Å². The fourth-order valence-electron chi connectivity index (χ4n) is 2.90. The molecule has 0 saturated heterocycles. The van der Waals surface area contributed by atoms with Gasteiger partial charge in [-0.15, -0.1) is 0 Å². The first kappa shape index (κ1) is 22.0. The van der Waals surface area contributed by atoms with E-state index >= 15 is 0 Å². The maximum atomic E-state index is 13.0. The van der Waals surface area contributed by atoms with Gasteiger partial charge in [0.05, 0.1) is 38.8 Å². The van der Waals surface area contributed by atoms with Crippen LogP contribution in [0.2, 0.25) is 0 Å². The van der Waals surface area contributed by atoms with E-state index in [-0.39, 0.29) is 23.7 Å². The quantitative estimate of drug-likeness (QED) is 0.610. The summed E-state index contributed by atoms with van der Waals surface area (Å²) in [6, 6.07) is 9.77. The van der Waals surface area contributed by atoms with Crippen molar-refractivity contribution >= 4 is 5.91 Å². The van der Waals surface area contributed by atoms with Crippen LogP contribution < -0.4 is 19.5 Å². The summed E-state index contributed by atoms with van der Waals surface area (Å²) >= 11 is 0. The highest BCUT2D eigenvalue weighted by molar-refractivity contribution is 5.95. The predicted octanol–water partition coefficient (Wildman–Crippen LogP) is 3.85. The molecule has 0 atom stereocenters. The number of carbonyl (C=O) groups excluding carboxylic acids is 1. The van der Waals surface area contributed by atoms with Crippen molar-refractivity contribution in [2.45, 2.75) is 12.7 Å². The number of nitrogens with zero attached hydrogens (tertiary/aromatic N) is 2. The van der Waals surface area contributed by atoms with Crippen molar-refractivity contribution < 1.29 is 32.2 Å². The van der Waals surface area contributed by atoms with Crippen LogP contribution >= 0.6 is 0 Å². The smallest absolute Gasteiger partial charge is 0.416 e. The molecule has 0 aliphatic rings. The van der Waals surface area contributed by atoms with E-state index < -0.39 is 17.6 Å². The van der Waals surface area contributed by atoms with Crippen molar-refractivity contribution in [1.29, 1.82) is 0 Å². The number of alkyl halides is 3. The Bertz CT molecular complexity index is 1080. The molecule has 0 unspecified atom stereocenters. The Labute approximate surface area is 176 Å². The lowest BCUT2D eigenvalue weighted by molar-refractivity contribution is -0.137. The van der Waals surface area contributed by atoms with Crippen LogP contribution in [-0.2, 0) is 12.7 Å². The first-order chi connectivity index (χ1) is 14.8. The normalized spacial score (nSPS) is 11.2. The van der Waals surface area contributed by atoms with E-state index in [4.69, 9.17) is 14.2 Å². The molecule has 0 aliphatic heterocycles. The molecule has 0 bridgehead atoms. The van der Waals surface area contributed by atoms with E-state index in [1.165, 1.54) is 39.7 Å². The van der Waals surface area contributed by atoms with Crippen molar-refractivity contribution in [2.75, 3.05) is 21.3 Å². The summed E-state index contributed by atoms with van der Waals surface area (Å²) in [7, 11) is 4.37. The molecule has 0 saturated carbocycles. The highest BCUT2D eigenvalue weighted by Crippen LogP contribution is 2.31. The molecular weight excluding hydrogens is 415 g/mol. The average Bonchev–Trinajstić information content (AvgIpc) is 3.21. The number of halogens is 3. The standard InChI is InChI=1S/C21H20F3N3O4/c1-29-16-7-8-17(30-2)13(9-16)11-25-20(28)19-18(31-3)12-27(26-19)15-6-4-5-14(10-15)21(22,23)24/h4-10,12H,11H2,1-3H3,(H,25,28). The van der Waals surface area contributed by atoms with Crippen molar-refractivity contribution in [3.05, 3.63) is 65.5 Å². The Morgan fingerprint density at radius 3 is 2.42 bits per heavy atom. The van der Waals surface area contributed by atoms with Crippen LogP contribution in [0.15, 0.2) is 48.7 Å². The Morgan fingerprint density at radius 2 is 1.77 bits per heavy atom. The lowest BCUT2D eigenvalue weighted by atomic mass is 10.2. The molecule has 1 aromatic heterocycles. The zero-order valence-corrected chi connectivity index (χ0v) is 17.0. The first-order valence-corrected chi connectivity index (χ1v) is 9.07. The monoisotopic (exact) mass is 435 g/mol. The molecule has 1 heterocycles. The van der Waals surface area contributed by atoms with E-state index in [0.717, 1.165) is 16.8 Å². The van der Waals surface area contributed by atoms with Gasteiger partial charge in [-0.25, -0.2) is 4.68 Å². The van der Waals surface area contributed by atoms with Gasteiger partial charge in [-0.3, -0.25) is 4.79 Å². The first-order valence-electron chi connectivity index (χ1n) is 9.07. The topological polar surface area (TPSA) is 74.6 Å². The molecule has 0 aliphatic carbocycles. The summed E-state index contributed by atoms with van der Waals surface area (Å²) in [6.07, 6.45) is -3.15. The van der Waals surface area contributed by atoms with Gasteiger partial charge in [0.25, 0.3) is 5.91 Å². The molecule has 1 N–H and O–H groups in total. The van der Waals surface area contributed by atoms with Crippen LogP contribution in [0.5, 0.6) is 17.2 Å². The van der Waals surface area contributed by atoms with Crippen LogP contribution in [-0.4, -0.2) is 37.0 Å². The third kappa shape index (κ3) is 4.90. The Morgan fingerprint density at radius 1 is 1.03 bits per heavy atom. The summed E-state index contributed by atoms with van der Waals surface area (Å²) < 4.78 is 55.8. The minimum atomic E-state index is -4.50. The fraction of sp³-hybridized carbons (Fsp3) is 0.238. The second-order valence-electron chi connectivity index (χ2n) is 6.40. The number of hydrogen-bond donors (Lipinski definition) is 1. The van der Waals surface area contributed by atoms with Gasteiger partial charge in [-0.05, 0) is 36.4 Å². The minimum Gasteiger partial charge on any atom is -0.497 e. The van der Waals surface area contributed by atoms with Gasteiger partial charge in [-0.2, -0.15) is 18.3 Å². The number of rotatable bonds is 7. The maximum Gasteiger partial charge on any atom is 0.416 e. The third-order valence-corrected chi connectivity index (χ3v) is 4.48. The number of aromatic nitrogens is 2. The summed E-state index contributed by atoms with van der Waals surface area (Å²) in [4.78, 5) is 12.7. The molecule has 31 heavy (non-hydrogen) atoms. The van der Waals surface area contributed by atoms with Crippen LogP contribution in [0.25, 0.3) is 5.69 Å². The van der Waals surface area contributed by atoms with Crippen LogP contribution in [0, 0.1) is 0 Å². The minimum absolute atomic E-state index is 0.0678. The zero-order chi connectivity index (χ0) is 22.6. The Balaban J connectivity index is 1.84. The van der Waals surface area contributed by atoms with Crippen molar-refractivity contribution in [3.63, 3.8) is 0 Å². The summed E-state index contributed by atoms with van der Waals surface area (Å²) in [5.41, 5.74) is -0.0783. The highest BCUT2D eigenvalue weighted by Gasteiger charge is 2.30. The number of amides is 1. The van der Waals surface area contributed by atoms with Gasteiger partial charge < -0.3 is 19.5 Å². The number of carbonyl (C=O) groups is 1. The molecule has 164 valence electrons. The fourth-order valence-corrected chi connectivity index (χ4v) is 2.90. The molecule has 0 radical (unpaired) electrons. The maximum absolute atomic E-state index is 13.0. The average molecular weight is 435 g/mol. The largest absolute Gasteiger partial charge is 0.497 e. The molecule has 3 rings (SSSR count). The Kier molecular flexibility index (Phi) is 6.38. The van der Waals surface area contributed by atoms with Crippen molar-refractivity contribution in [3.8, 4) is 22.9 Å². The van der Waals surface area contributed by atoms with Crippen LogP contribution in [0.4, 0.5) is 13.2 Å². The van der Waals surface area contributed by atoms with E-state index in [9.17, 15) is 18.0 Å². The number of benzene rings is 2. The molecule has 2 aromatic carbocycles. The van der Waals surface area contributed by atoms with Crippen LogP contribution in [0.1, 0.15) is 21.6 Å². The molecule has 0 fully saturated rings. The van der Waals surface area contributed by atoms with Crippen molar-refractivity contribution in [1.82, 2.24) is 15.1 Å². The molecule has 1 amide bonds. The zero-order valence-electron chi connectivity index (χ0n) is 17.0.